The highest BCUT2D eigenvalue weighted by Crippen LogP contribution is 2.43. The molecule has 0 fully saturated rings. The zero-order chi connectivity index (χ0) is 29.5. The first-order chi connectivity index (χ1) is 20.3. The van der Waals surface area contributed by atoms with Crippen molar-refractivity contribution in [2.75, 3.05) is 11.9 Å². The number of pyridine rings is 1. The number of hydrogen-bond acceptors (Lipinski definition) is 10. The minimum Gasteiger partial charge on any atom is -0.302 e. The van der Waals surface area contributed by atoms with E-state index in [-0.39, 0.29) is 16.9 Å². The van der Waals surface area contributed by atoms with Gasteiger partial charge in [-0.2, -0.15) is 14.0 Å². The number of imide groups is 1. The summed E-state index contributed by atoms with van der Waals surface area (Å²) in [6.07, 6.45) is 1.55. The van der Waals surface area contributed by atoms with E-state index in [1.807, 2.05) is 12.1 Å². The summed E-state index contributed by atoms with van der Waals surface area (Å²) < 4.78 is 8.96. The maximum Gasteiger partial charge on any atom is 0.279 e. The van der Waals surface area contributed by atoms with Gasteiger partial charge in [0, 0.05) is 24.0 Å². The number of aromatic nitrogens is 3. The minimum absolute atomic E-state index is 0.00254. The molecule has 3 aromatic heterocycles. The van der Waals surface area contributed by atoms with Crippen LogP contribution in [0.3, 0.4) is 0 Å². The van der Waals surface area contributed by atoms with Gasteiger partial charge in [0.25, 0.3) is 11.8 Å². The van der Waals surface area contributed by atoms with Gasteiger partial charge in [-0.05, 0) is 57.2 Å². The van der Waals surface area contributed by atoms with E-state index in [2.05, 4.69) is 87.1 Å². The quantitative estimate of drug-likeness (QED) is 0.207. The fourth-order valence-corrected chi connectivity index (χ4v) is 6.23. The Hall–Kier alpha value is -5.05. The number of rotatable bonds is 5. The first kappa shape index (κ1) is 27.1. The largest absolute Gasteiger partial charge is 0.302 e. The zero-order valence-electron chi connectivity index (χ0n) is 23.1. The molecule has 0 spiro atoms. The summed E-state index contributed by atoms with van der Waals surface area (Å²) in [5.41, 5.74) is 6.59. The molecule has 0 atom stereocenters. The first-order valence-corrected chi connectivity index (χ1v) is 14.5. The molecule has 42 heavy (non-hydrogen) atoms. The number of benzene rings is 2. The summed E-state index contributed by atoms with van der Waals surface area (Å²) in [6, 6.07) is 22.8. The lowest BCUT2D eigenvalue weighted by Crippen LogP contribution is -2.44. The van der Waals surface area contributed by atoms with Gasteiger partial charge in [-0.15, -0.1) is 11.3 Å². The van der Waals surface area contributed by atoms with Gasteiger partial charge in [0.1, 0.15) is 44.8 Å². The van der Waals surface area contributed by atoms with Gasteiger partial charge in [0.05, 0.1) is 22.8 Å². The number of amides is 2. The molecular weight excluding hydrogens is 567 g/mol. The molecule has 0 bridgehead atoms. The normalized spacial score (nSPS) is 14.6. The Morgan fingerprint density at radius 3 is 2.10 bits per heavy atom. The van der Waals surface area contributed by atoms with Gasteiger partial charge in [-0.3, -0.25) is 19.5 Å². The van der Waals surface area contributed by atoms with Crippen molar-refractivity contribution in [2.24, 2.45) is 4.99 Å². The number of nitriles is 1. The molecule has 5 aromatic rings. The summed E-state index contributed by atoms with van der Waals surface area (Å²) in [5, 5.41) is 10.5. The second-order valence-corrected chi connectivity index (χ2v) is 11.4. The number of carbonyl (C=O) groups is 2. The van der Waals surface area contributed by atoms with Crippen molar-refractivity contribution in [3.63, 3.8) is 0 Å². The third kappa shape index (κ3) is 4.66. The molecule has 1 aliphatic rings. The second-order valence-electron chi connectivity index (χ2n) is 9.84. The average molecular weight is 590 g/mol. The molecule has 4 heterocycles. The molecule has 0 N–H and O–H groups in total. The van der Waals surface area contributed by atoms with Crippen LogP contribution in [0.5, 0.6) is 0 Å². The lowest BCUT2D eigenvalue weighted by atomic mass is 9.99. The van der Waals surface area contributed by atoms with Gasteiger partial charge in [-0.25, -0.2) is 4.99 Å². The van der Waals surface area contributed by atoms with Gasteiger partial charge in [0.15, 0.2) is 0 Å². The predicted octanol–water partition coefficient (Wildman–Crippen LogP) is 6.81. The van der Waals surface area contributed by atoms with E-state index in [0.717, 1.165) is 37.9 Å². The SMILES string of the molecule is CC1=C(C#N)C(=O)N(C)C(=O)C1=Nc1cnc(-c2ccc(N(c3ccc(C)cc3)c3ccc(C)cc3)s2)c2nsnc12. The smallest absolute Gasteiger partial charge is 0.279 e. The van der Waals surface area contributed by atoms with Crippen LogP contribution in [0, 0.1) is 25.2 Å². The molecule has 2 aromatic carbocycles. The Labute approximate surface area is 250 Å². The van der Waals surface area contributed by atoms with Crippen molar-refractivity contribution in [3.8, 4) is 16.6 Å². The Morgan fingerprint density at radius 1 is 0.857 bits per heavy atom. The third-order valence-corrected chi connectivity index (χ3v) is 8.61. The lowest BCUT2D eigenvalue weighted by Gasteiger charge is -2.24. The molecule has 0 aliphatic carbocycles. The molecule has 9 nitrogen and oxygen atoms in total. The number of anilines is 3. The van der Waals surface area contributed by atoms with E-state index in [0.29, 0.717) is 22.4 Å². The van der Waals surface area contributed by atoms with Gasteiger partial charge >= 0.3 is 0 Å². The second kappa shape index (κ2) is 10.7. The van der Waals surface area contributed by atoms with Gasteiger partial charge in [-0.1, -0.05) is 35.4 Å². The fourth-order valence-electron chi connectivity index (χ4n) is 4.63. The molecule has 206 valence electrons. The topological polar surface area (TPSA) is 115 Å². The van der Waals surface area contributed by atoms with Crippen LogP contribution in [0.2, 0.25) is 0 Å². The monoisotopic (exact) mass is 589 g/mol. The molecule has 11 heteroatoms. The molecule has 0 radical (unpaired) electrons. The van der Waals surface area contributed by atoms with Crippen LogP contribution in [-0.2, 0) is 9.59 Å². The highest BCUT2D eigenvalue weighted by Gasteiger charge is 2.34. The van der Waals surface area contributed by atoms with Crippen molar-refractivity contribution in [1.82, 2.24) is 18.6 Å². The maximum absolute atomic E-state index is 12.9. The van der Waals surface area contributed by atoms with Gasteiger partial charge in [0.2, 0.25) is 0 Å². The summed E-state index contributed by atoms with van der Waals surface area (Å²) in [5.74, 6) is -1.24. The summed E-state index contributed by atoms with van der Waals surface area (Å²) in [6.45, 7) is 5.68. The maximum atomic E-state index is 12.9. The van der Waals surface area contributed by atoms with Crippen LogP contribution in [0.15, 0.2) is 83.0 Å². The molecule has 1 aliphatic heterocycles. The summed E-state index contributed by atoms with van der Waals surface area (Å²) in [7, 11) is 1.33. The lowest BCUT2D eigenvalue weighted by molar-refractivity contribution is -0.136. The highest BCUT2D eigenvalue weighted by atomic mass is 32.1. The van der Waals surface area contributed by atoms with Crippen LogP contribution in [0.1, 0.15) is 18.1 Å². The predicted molar refractivity (Wildman–Crippen MR) is 166 cm³/mol. The van der Waals surface area contributed by atoms with E-state index in [9.17, 15) is 14.9 Å². The molecule has 6 rings (SSSR count). The van der Waals surface area contributed by atoms with Crippen molar-refractivity contribution in [2.45, 2.75) is 20.8 Å². The van der Waals surface area contributed by atoms with E-state index in [1.165, 1.54) is 18.2 Å². The number of carbonyl (C=O) groups excluding carboxylic acids is 2. The number of thiophene rings is 1. The molecule has 0 saturated heterocycles. The van der Waals surface area contributed by atoms with Gasteiger partial charge < -0.3 is 4.90 Å². The zero-order valence-corrected chi connectivity index (χ0v) is 24.7. The number of aryl methyl sites for hydroxylation is 2. The Morgan fingerprint density at radius 2 is 1.48 bits per heavy atom. The van der Waals surface area contributed by atoms with E-state index in [4.69, 9.17) is 4.98 Å². The van der Waals surface area contributed by atoms with E-state index < -0.39 is 11.8 Å². The number of fused-ring (bicyclic) bond motifs is 1. The standard InChI is InChI=1S/C31H23N7O2S2/c1-17-5-9-20(10-6-17)38(21-11-7-18(2)8-12-21)25-14-13-24(41-25)28-29-27(35-42-36-29)23(16-33-28)34-26-19(3)22(15-32)30(39)37(4)31(26)40/h5-14,16H,1-4H3. The Bertz CT molecular complexity index is 1930. The Kier molecular flexibility index (Phi) is 6.94. The van der Waals surface area contributed by atoms with Crippen LogP contribution in [0.4, 0.5) is 22.1 Å². The molecule has 2 amide bonds. The fraction of sp³-hybridized carbons (Fsp3) is 0.129. The van der Waals surface area contributed by atoms with Crippen LogP contribution >= 0.6 is 23.1 Å². The minimum atomic E-state index is -0.647. The first-order valence-electron chi connectivity index (χ1n) is 12.9. The van der Waals surface area contributed by atoms with Crippen molar-refractivity contribution in [1.29, 1.82) is 5.26 Å². The van der Waals surface area contributed by atoms with Crippen molar-refractivity contribution in [3.05, 3.63) is 89.1 Å². The third-order valence-electron chi connectivity index (χ3n) is 7.00. The van der Waals surface area contributed by atoms with Crippen molar-refractivity contribution >= 4 is 73.7 Å². The molecule has 0 unspecified atom stereocenters. The van der Waals surface area contributed by atoms with Crippen molar-refractivity contribution < 1.29 is 9.59 Å². The number of hydrogen-bond donors (Lipinski definition) is 0. The number of likely N-dealkylation sites (N-methyl/N-ethyl adjacent to an activating group) is 1. The van der Waals surface area contributed by atoms with E-state index in [1.54, 1.807) is 24.5 Å². The van der Waals surface area contributed by atoms with Crippen LogP contribution in [-0.4, -0.2) is 43.2 Å². The molecular formula is C31H23N7O2S2. The van der Waals surface area contributed by atoms with Crippen LogP contribution in [0.25, 0.3) is 21.6 Å². The summed E-state index contributed by atoms with van der Waals surface area (Å²) >= 11 is 2.61. The van der Waals surface area contributed by atoms with E-state index >= 15 is 0 Å². The summed E-state index contributed by atoms with van der Waals surface area (Å²) in [4.78, 5) is 38.4. The molecule has 0 saturated carbocycles. The number of nitrogens with zero attached hydrogens (tertiary/aromatic N) is 7. The van der Waals surface area contributed by atoms with Crippen LogP contribution < -0.4 is 4.90 Å². The Balaban J connectivity index is 1.43. The average Bonchev–Trinajstić information content (AvgIpc) is 3.68. The highest BCUT2D eigenvalue weighted by molar-refractivity contribution is 7.19. The number of aliphatic imine (C=N–C) groups is 1.